The van der Waals surface area contributed by atoms with Crippen LogP contribution < -0.4 is 0 Å². The molecule has 0 atom stereocenters. The normalized spacial score (nSPS) is 16.4. The maximum Gasteiger partial charge on any atom is 0.0167 e. The van der Waals surface area contributed by atoms with E-state index in [1.165, 1.54) is 44.7 Å². The van der Waals surface area contributed by atoms with Crippen LogP contribution in [0.1, 0.15) is 12.0 Å². The molecular formula is C16H26Cl2N2S. The standard InChI is InChI=1S/C16H24N2S.2ClH/c19-15-5-10-18-13-11-17(12-14-18)9-4-8-16-6-2-1-3-7-16;;/h1-4,6-8,19H,5,9-15H2;2*1H. The van der Waals surface area contributed by atoms with Gasteiger partial charge < -0.3 is 4.90 Å². The number of piperazine rings is 1. The van der Waals surface area contributed by atoms with Crippen molar-refractivity contribution in [2.24, 2.45) is 0 Å². The molecule has 0 spiro atoms. The first-order valence-corrected chi connectivity index (χ1v) is 7.79. The zero-order valence-electron chi connectivity index (χ0n) is 12.4. The molecule has 0 saturated carbocycles. The van der Waals surface area contributed by atoms with Gasteiger partial charge in [-0.15, -0.1) is 24.8 Å². The van der Waals surface area contributed by atoms with Crippen molar-refractivity contribution in [3.05, 3.63) is 42.0 Å². The summed E-state index contributed by atoms with van der Waals surface area (Å²) in [5.74, 6) is 1.00. The summed E-state index contributed by atoms with van der Waals surface area (Å²) in [7, 11) is 0. The molecule has 1 aliphatic rings. The van der Waals surface area contributed by atoms with Gasteiger partial charge >= 0.3 is 0 Å². The lowest BCUT2D eigenvalue weighted by molar-refractivity contribution is 0.143. The minimum Gasteiger partial charge on any atom is -0.301 e. The van der Waals surface area contributed by atoms with Gasteiger partial charge in [-0.05, 0) is 24.3 Å². The average molecular weight is 349 g/mol. The molecule has 1 saturated heterocycles. The van der Waals surface area contributed by atoms with E-state index < -0.39 is 0 Å². The summed E-state index contributed by atoms with van der Waals surface area (Å²) in [6.07, 6.45) is 5.70. The van der Waals surface area contributed by atoms with Gasteiger partial charge in [0.25, 0.3) is 0 Å². The molecule has 0 bridgehead atoms. The van der Waals surface area contributed by atoms with Crippen LogP contribution in [0, 0.1) is 0 Å². The van der Waals surface area contributed by atoms with Gasteiger partial charge in [-0.1, -0.05) is 42.5 Å². The fourth-order valence-electron chi connectivity index (χ4n) is 2.39. The minimum absolute atomic E-state index is 0. The molecule has 5 heteroatoms. The van der Waals surface area contributed by atoms with Crippen LogP contribution in [-0.2, 0) is 0 Å². The average Bonchev–Trinajstić information content (AvgIpc) is 2.47. The first-order chi connectivity index (χ1) is 9.38. The highest BCUT2D eigenvalue weighted by Crippen LogP contribution is 2.05. The predicted molar refractivity (Wildman–Crippen MR) is 101 cm³/mol. The summed E-state index contributed by atoms with van der Waals surface area (Å²) < 4.78 is 0. The molecule has 0 radical (unpaired) electrons. The van der Waals surface area contributed by atoms with Crippen molar-refractivity contribution in [2.75, 3.05) is 45.0 Å². The van der Waals surface area contributed by atoms with Crippen LogP contribution >= 0.6 is 37.4 Å². The van der Waals surface area contributed by atoms with Crippen LogP contribution in [0.2, 0.25) is 0 Å². The number of nitrogens with zero attached hydrogens (tertiary/aromatic N) is 2. The molecule has 1 aliphatic heterocycles. The Hall–Kier alpha value is -0.190. The van der Waals surface area contributed by atoms with E-state index in [0.717, 1.165) is 12.3 Å². The number of rotatable bonds is 6. The van der Waals surface area contributed by atoms with Crippen molar-refractivity contribution in [3.8, 4) is 0 Å². The summed E-state index contributed by atoms with van der Waals surface area (Å²) in [6.45, 7) is 7.05. The molecule has 0 N–H and O–H groups in total. The van der Waals surface area contributed by atoms with Gasteiger partial charge in [0.15, 0.2) is 0 Å². The third-order valence-electron chi connectivity index (χ3n) is 3.57. The van der Waals surface area contributed by atoms with Crippen molar-refractivity contribution < 1.29 is 0 Å². The van der Waals surface area contributed by atoms with Crippen LogP contribution in [0.15, 0.2) is 36.4 Å². The summed E-state index contributed by atoms with van der Waals surface area (Å²) in [5.41, 5.74) is 1.29. The van der Waals surface area contributed by atoms with Crippen molar-refractivity contribution in [1.29, 1.82) is 0 Å². The highest BCUT2D eigenvalue weighted by Gasteiger charge is 2.14. The second-order valence-corrected chi connectivity index (χ2v) is 5.48. The molecule has 21 heavy (non-hydrogen) atoms. The Labute approximate surface area is 146 Å². The molecule has 1 fully saturated rings. The maximum atomic E-state index is 4.27. The Balaban J connectivity index is 0.00000200. The molecule has 1 aromatic carbocycles. The smallest absolute Gasteiger partial charge is 0.0167 e. The molecule has 0 aromatic heterocycles. The maximum absolute atomic E-state index is 4.27. The molecule has 1 heterocycles. The summed E-state index contributed by atoms with van der Waals surface area (Å²) in [4.78, 5) is 5.07. The van der Waals surface area contributed by atoms with E-state index in [1.807, 2.05) is 0 Å². The van der Waals surface area contributed by atoms with Gasteiger partial charge in [-0.2, -0.15) is 12.6 Å². The lowest BCUT2D eigenvalue weighted by atomic mass is 10.2. The van der Waals surface area contributed by atoms with E-state index in [0.29, 0.717) is 0 Å². The van der Waals surface area contributed by atoms with Crippen LogP contribution in [0.3, 0.4) is 0 Å². The van der Waals surface area contributed by atoms with E-state index in [2.05, 4.69) is 64.9 Å². The van der Waals surface area contributed by atoms with E-state index in [9.17, 15) is 0 Å². The van der Waals surface area contributed by atoms with Gasteiger partial charge in [0, 0.05) is 32.7 Å². The van der Waals surface area contributed by atoms with Crippen LogP contribution in [0.4, 0.5) is 0 Å². The molecule has 2 nitrogen and oxygen atoms in total. The van der Waals surface area contributed by atoms with Gasteiger partial charge in [-0.25, -0.2) is 0 Å². The van der Waals surface area contributed by atoms with Crippen molar-refractivity contribution >= 4 is 43.5 Å². The predicted octanol–water partition coefficient (Wildman–Crippen LogP) is 3.48. The Kier molecular flexibility index (Phi) is 12.3. The zero-order valence-corrected chi connectivity index (χ0v) is 14.9. The van der Waals surface area contributed by atoms with Crippen LogP contribution in [0.25, 0.3) is 6.08 Å². The number of benzene rings is 1. The molecule has 0 aliphatic carbocycles. The summed E-state index contributed by atoms with van der Waals surface area (Å²) in [6, 6.07) is 10.5. The first-order valence-electron chi connectivity index (χ1n) is 7.15. The van der Waals surface area contributed by atoms with Gasteiger partial charge in [0.05, 0.1) is 0 Å². The molecule has 120 valence electrons. The highest BCUT2D eigenvalue weighted by atomic mass is 35.5. The first kappa shape index (κ1) is 20.8. The minimum atomic E-state index is 0. The second-order valence-electron chi connectivity index (χ2n) is 5.03. The van der Waals surface area contributed by atoms with E-state index >= 15 is 0 Å². The van der Waals surface area contributed by atoms with Crippen molar-refractivity contribution in [2.45, 2.75) is 6.42 Å². The lowest BCUT2D eigenvalue weighted by Gasteiger charge is -2.34. The SMILES string of the molecule is Cl.Cl.SCCCN1CCN(CC=Cc2ccccc2)CC1. The van der Waals surface area contributed by atoms with Gasteiger partial charge in [0.2, 0.25) is 0 Å². The summed E-state index contributed by atoms with van der Waals surface area (Å²) in [5, 5.41) is 0. The number of thiol groups is 1. The Morgan fingerprint density at radius 3 is 2.19 bits per heavy atom. The monoisotopic (exact) mass is 348 g/mol. The van der Waals surface area contributed by atoms with E-state index in [1.54, 1.807) is 0 Å². The quantitative estimate of drug-likeness (QED) is 0.786. The third kappa shape index (κ3) is 8.12. The van der Waals surface area contributed by atoms with Crippen molar-refractivity contribution in [3.63, 3.8) is 0 Å². The Morgan fingerprint density at radius 2 is 1.57 bits per heavy atom. The molecule has 1 aromatic rings. The second kappa shape index (κ2) is 12.4. The van der Waals surface area contributed by atoms with Gasteiger partial charge in [-0.3, -0.25) is 4.90 Å². The molecular weight excluding hydrogens is 323 g/mol. The Bertz CT molecular complexity index is 379. The Morgan fingerprint density at radius 1 is 0.952 bits per heavy atom. The fraction of sp³-hybridized carbons (Fsp3) is 0.500. The van der Waals surface area contributed by atoms with Gasteiger partial charge in [0.1, 0.15) is 0 Å². The topological polar surface area (TPSA) is 6.48 Å². The number of hydrogen-bond donors (Lipinski definition) is 1. The van der Waals surface area contributed by atoms with Crippen LogP contribution in [-0.4, -0.2) is 54.8 Å². The van der Waals surface area contributed by atoms with Crippen molar-refractivity contribution in [1.82, 2.24) is 9.80 Å². The molecule has 2 rings (SSSR count). The lowest BCUT2D eigenvalue weighted by Crippen LogP contribution is -2.46. The van der Waals surface area contributed by atoms with E-state index in [4.69, 9.17) is 0 Å². The molecule has 0 unspecified atom stereocenters. The summed E-state index contributed by atoms with van der Waals surface area (Å²) >= 11 is 4.27. The third-order valence-corrected chi connectivity index (χ3v) is 3.89. The molecule has 0 amide bonds. The number of hydrogen-bond acceptors (Lipinski definition) is 3. The largest absolute Gasteiger partial charge is 0.301 e. The van der Waals surface area contributed by atoms with Crippen LogP contribution in [0.5, 0.6) is 0 Å². The highest BCUT2D eigenvalue weighted by molar-refractivity contribution is 7.80. The van der Waals surface area contributed by atoms with E-state index in [-0.39, 0.29) is 24.8 Å². The fourth-order valence-corrected chi connectivity index (χ4v) is 2.53. The zero-order chi connectivity index (χ0) is 13.3. The number of halogens is 2.